The van der Waals surface area contributed by atoms with Crippen LogP contribution in [0.15, 0.2) is 30.7 Å². The maximum atomic E-state index is 12.4. The molecule has 7 heteroatoms. The topological polar surface area (TPSA) is 56.7 Å². The van der Waals surface area contributed by atoms with E-state index >= 15 is 0 Å². The van der Waals surface area contributed by atoms with Gasteiger partial charge in [0.25, 0.3) is 0 Å². The molecule has 0 bridgehead atoms. The summed E-state index contributed by atoms with van der Waals surface area (Å²) in [6.45, 7) is 0.548. The number of halogens is 3. The molecule has 2 aromatic rings. The molecule has 2 rings (SSSR count). The fraction of sp³-hybridized carbons (Fsp3) is 0.273. The van der Waals surface area contributed by atoms with Gasteiger partial charge in [-0.05, 0) is 17.7 Å². The van der Waals surface area contributed by atoms with Crippen molar-refractivity contribution in [1.82, 2.24) is 14.8 Å². The van der Waals surface area contributed by atoms with Gasteiger partial charge in [-0.1, -0.05) is 0 Å². The first-order valence-corrected chi connectivity index (χ1v) is 5.22. The van der Waals surface area contributed by atoms with Gasteiger partial charge >= 0.3 is 6.18 Å². The van der Waals surface area contributed by atoms with Crippen molar-refractivity contribution in [3.63, 3.8) is 0 Å². The van der Waals surface area contributed by atoms with Crippen LogP contribution in [-0.4, -0.2) is 14.8 Å². The lowest BCUT2D eigenvalue weighted by Crippen LogP contribution is -2.05. The highest BCUT2D eigenvalue weighted by atomic mass is 19.4. The van der Waals surface area contributed by atoms with E-state index in [4.69, 9.17) is 5.73 Å². The van der Waals surface area contributed by atoms with Crippen LogP contribution in [0.25, 0.3) is 0 Å². The second-order valence-electron chi connectivity index (χ2n) is 3.78. The fourth-order valence-electron chi connectivity index (χ4n) is 1.52. The number of hydrogen-bond acceptors (Lipinski definition) is 3. The fourth-order valence-corrected chi connectivity index (χ4v) is 1.52. The van der Waals surface area contributed by atoms with Gasteiger partial charge in [0.05, 0.1) is 24.0 Å². The molecule has 0 aliphatic heterocycles. The third-order valence-corrected chi connectivity index (χ3v) is 2.40. The third-order valence-electron chi connectivity index (χ3n) is 2.40. The van der Waals surface area contributed by atoms with E-state index in [1.54, 1.807) is 18.3 Å². The Kier molecular flexibility index (Phi) is 3.33. The van der Waals surface area contributed by atoms with Crippen LogP contribution in [0.3, 0.4) is 0 Å². The Morgan fingerprint density at radius 2 is 2.11 bits per heavy atom. The van der Waals surface area contributed by atoms with Crippen molar-refractivity contribution in [1.29, 1.82) is 0 Å². The summed E-state index contributed by atoms with van der Waals surface area (Å²) in [6, 6.07) is 3.46. The van der Waals surface area contributed by atoms with Crippen LogP contribution in [0.4, 0.5) is 13.2 Å². The van der Waals surface area contributed by atoms with Gasteiger partial charge in [0.2, 0.25) is 0 Å². The first-order valence-electron chi connectivity index (χ1n) is 5.22. The number of nitrogens with zero attached hydrogens (tertiary/aromatic N) is 3. The second kappa shape index (κ2) is 4.77. The van der Waals surface area contributed by atoms with Crippen molar-refractivity contribution in [3.05, 3.63) is 47.5 Å². The summed E-state index contributed by atoms with van der Waals surface area (Å²) in [5.74, 6) is 0. The lowest BCUT2D eigenvalue weighted by Gasteiger charge is -2.04. The molecule has 2 heterocycles. The maximum absolute atomic E-state index is 12.4. The number of hydrogen-bond donors (Lipinski definition) is 1. The van der Waals surface area contributed by atoms with Crippen LogP contribution in [-0.2, 0) is 19.3 Å². The van der Waals surface area contributed by atoms with Crippen molar-refractivity contribution in [3.8, 4) is 0 Å². The predicted molar refractivity (Wildman–Crippen MR) is 58.5 cm³/mol. The highest BCUT2D eigenvalue weighted by Crippen LogP contribution is 2.28. The molecule has 96 valence electrons. The van der Waals surface area contributed by atoms with Crippen molar-refractivity contribution in [2.45, 2.75) is 19.3 Å². The molecule has 0 aliphatic rings. The van der Waals surface area contributed by atoms with E-state index in [0.717, 1.165) is 18.0 Å². The smallest absolute Gasteiger partial charge is 0.325 e. The molecule has 0 amide bonds. The highest BCUT2D eigenvalue weighted by molar-refractivity contribution is 5.17. The molecule has 4 nitrogen and oxygen atoms in total. The van der Waals surface area contributed by atoms with Gasteiger partial charge in [-0.25, -0.2) is 0 Å². The Hall–Kier alpha value is -1.89. The Bertz CT molecular complexity index is 533. The molecule has 2 N–H and O–H groups in total. The van der Waals surface area contributed by atoms with E-state index in [-0.39, 0.29) is 6.54 Å². The van der Waals surface area contributed by atoms with E-state index < -0.39 is 11.7 Å². The number of pyridine rings is 1. The second-order valence-corrected chi connectivity index (χ2v) is 3.78. The summed E-state index contributed by atoms with van der Waals surface area (Å²) in [7, 11) is 0. The van der Waals surface area contributed by atoms with Gasteiger partial charge in [0, 0.05) is 18.9 Å². The third kappa shape index (κ3) is 2.86. The average Bonchev–Trinajstić information content (AvgIpc) is 2.77. The van der Waals surface area contributed by atoms with Gasteiger partial charge in [0.15, 0.2) is 0 Å². The molecule has 0 aromatic carbocycles. The zero-order valence-corrected chi connectivity index (χ0v) is 9.35. The van der Waals surface area contributed by atoms with Crippen molar-refractivity contribution in [2.24, 2.45) is 5.73 Å². The first-order chi connectivity index (χ1) is 8.49. The molecule has 0 atom stereocenters. The Morgan fingerprint density at radius 1 is 1.33 bits per heavy atom. The van der Waals surface area contributed by atoms with E-state index in [2.05, 4.69) is 10.1 Å². The van der Waals surface area contributed by atoms with Crippen molar-refractivity contribution in [2.75, 3.05) is 0 Å². The standard InChI is InChI=1S/C11H11F3N4/c12-11(13,14)9-5-17-18(7-9)6-8-1-2-16-10(3-8)4-15/h1-3,5,7H,4,6,15H2. The summed E-state index contributed by atoms with van der Waals surface area (Å²) in [5, 5.41) is 3.68. The molecule has 18 heavy (non-hydrogen) atoms. The molecule has 0 saturated heterocycles. The average molecular weight is 256 g/mol. The van der Waals surface area contributed by atoms with Crippen LogP contribution < -0.4 is 5.73 Å². The van der Waals surface area contributed by atoms with E-state index in [1.165, 1.54) is 4.68 Å². The quantitative estimate of drug-likeness (QED) is 0.911. The van der Waals surface area contributed by atoms with Crippen LogP contribution >= 0.6 is 0 Å². The maximum Gasteiger partial charge on any atom is 0.419 e. The van der Waals surface area contributed by atoms with E-state index in [0.29, 0.717) is 12.2 Å². The normalized spacial score (nSPS) is 11.8. The number of alkyl halides is 3. The molecule has 0 saturated carbocycles. The van der Waals surface area contributed by atoms with Gasteiger partial charge in [-0.15, -0.1) is 0 Å². The van der Waals surface area contributed by atoms with Gasteiger partial charge in [-0.2, -0.15) is 18.3 Å². The van der Waals surface area contributed by atoms with Crippen molar-refractivity contribution >= 4 is 0 Å². The monoisotopic (exact) mass is 256 g/mol. The summed E-state index contributed by atoms with van der Waals surface area (Å²) in [6.07, 6.45) is -1.00. The van der Waals surface area contributed by atoms with Crippen molar-refractivity contribution < 1.29 is 13.2 Å². The van der Waals surface area contributed by atoms with Gasteiger partial charge in [0.1, 0.15) is 0 Å². The highest BCUT2D eigenvalue weighted by Gasteiger charge is 2.32. The van der Waals surface area contributed by atoms with Crippen LogP contribution in [0.2, 0.25) is 0 Å². The van der Waals surface area contributed by atoms with E-state index in [9.17, 15) is 13.2 Å². The summed E-state index contributed by atoms with van der Waals surface area (Å²) in [4.78, 5) is 4.01. The first kappa shape index (κ1) is 12.6. The molecule has 0 spiro atoms. The zero-order chi connectivity index (χ0) is 13.2. The molecule has 0 fully saturated rings. The SMILES string of the molecule is NCc1cc(Cn2cc(C(F)(F)F)cn2)ccn1. The zero-order valence-electron chi connectivity index (χ0n) is 9.35. The summed E-state index contributed by atoms with van der Waals surface area (Å²) in [5.41, 5.74) is 6.18. The lowest BCUT2D eigenvalue weighted by molar-refractivity contribution is -0.137. The molecular weight excluding hydrogens is 245 g/mol. The van der Waals surface area contributed by atoms with Crippen LogP contribution in [0, 0.1) is 0 Å². The van der Waals surface area contributed by atoms with Crippen LogP contribution in [0.1, 0.15) is 16.8 Å². The number of rotatable bonds is 3. The Balaban J connectivity index is 2.16. The predicted octanol–water partition coefficient (Wildman–Crippen LogP) is 1.80. The van der Waals surface area contributed by atoms with Crippen LogP contribution in [0.5, 0.6) is 0 Å². The molecule has 0 aliphatic carbocycles. The minimum absolute atomic E-state index is 0.256. The summed E-state index contributed by atoms with van der Waals surface area (Å²) < 4.78 is 38.4. The molecular formula is C11H11F3N4. The van der Waals surface area contributed by atoms with Gasteiger partial charge < -0.3 is 5.73 Å². The lowest BCUT2D eigenvalue weighted by atomic mass is 10.2. The molecule has 2 aromatic heterocycles. The van der Waals surface area contributed by atoms with Gasteiger partial charge in [-0.3, -0.25) is 9.67 Å². The largest absolute Gasteiger partial charge is 0.419 e. The minimum Gasteiger partial charge on any atom is -0.325 e. The number of nitrogens with two attached hydrogens (primary N) is 1. The summed E-state index contributed by atoms with van der Waals surface area (Å²) >= 11 is 0. The molecule has 0 radical (unpaired) electrons. The Labute approximate surface area is 101 Å². The minimum atomic E-state index is -4.36. The number of aromatic nitrogens is 3. The van der Waals surface area contributed by atoms with E-state index in [1.807, 2.05) is 0 Å². The Morgan fingerprint density at radius 3 is 2.72 bits per heavy atom. The molecule has 0 unspecified atom stereocenters.